The molecule has 0 amide bonds. The molecule has 0 aliphatic carbocycles. The zero-order chi connectivity index (χ0) is 14.7. The molecule has 0 saturated carbocycles. The van der Waals surface area contributed by atoms with Gasteiger partial charge < -0.3 is 5.32 Å². The molecular formula is C15H12FN5. The predicted molar refractivity (Wildman–Crippen MR) is 77.5 cm³/mol. The first-order valence-electron chi connectivity index (χ1n) is 6.34. The van der Waals surface area contributed by atoms with E-state index in [9.17, 15) is 4.39 Å². The average molecular weight is 281 g/mol. The molecule has 0 aliphatic rings. The Bertz CT molecular complexity index is 758. The molecule has 0 bridgehead atoms. The molecule has 0 unspecified atom stereocenters. The minimum atomic E-state index is -0.385. The van der Waals surface area contributed by atoms with Crippen molar-refractivity contribution in [2.45, 2.75) is 6.92 Å². The number of nitrogens with one attached hydrogen (secondary N) is 1. The molecule has 21 heavy (non-hydrogen) atoms. The quantitative estimate of drug-likeness (QED) is 0.799. The molecule has 5 nitrogen and oxygen atoms in total. The van der Waals surface area contributed by atoms with E-state index in [1.807, 2.05) is 19.1 Å². The van der Waals surface area contributed by atoms with Gasteiger partial charge in [-0.2, -0.15) is 0 Å². The van der Waals surface area contributed by atoms with Crippen LogP contribution >= 0.6 is 0 Å². The summed E-state index contributed by atoms with van der Waals surface area (Å²) in [6.45, 7) is 1.99. The van der Waals surface area contributed by atoms with Crippen LogP contribution in [0.15, 0.2) is 49.1 Å². The van der Waals surface area contributed by atoms with E-state index in [2.05, 4.69) is 25.3 Å². The second-order valence-corrected chi connectivity index (χ2v) is 4.49. The van der Waals surface area contributed by atoms with Gasteiger partial charge in [-0.1, -0.05) is 0 Å². The third kappa shape index (κ3) is 3.17. The van der Waals surface area contributed by atoms with Crippen molar-refractivity contribution in [3.63, 3.8) is 0 Å². The normalized spacial score (nSPS) is 10.4. The van der Waals surface area contributed by atoms with E-state index in [-0.39, 0.29) is 5.82 Å². The van der Waals surface area contributed by atoms with Crippen molar-refractivity contribution in [2.75, 3.05) is 5.32 Å². The molecule has 0 spiro atoms. The van der Waals surface area contributed by atoms with Crippen LogP contribution in [0.25, 0.3) is 11.4 Å². The zero-order valence-electron chi connectivity index (χ0n) is 11.3. The van der Waals surface area contributed by atoms with Gasteiger partial charge in [0.2, 0.25) is 0 Å². The highest BCUT2D eigenvalue weighted by Gasteiger charge is 2.04. The number of nitrogens with zero attached hydrogens (tertiary/aromatic N) is 4. The fraction of sp³-hybridized carbons (Fsp3) is 0.0667. The van der Waals surface area contributed by atoms with Crippen molar-refractivity contribution in [1.82, 2.24) is 19.9 Å². The number of halogens is 1. The smallest absolute Gasteiger partial charge is 0.150 e. The van der Waals surface area contributed by atoms with Gasteiger partial charge in [0.15, 0.2) is 5.82 Å². The molecule has 0 atom stereocenters. The van der Waals surface area contributed by atoms with Crippen LogP contribution in [0, 0.1) is 12.7 Å². The summed E-state index contributed by atoms with van der Waals surface area (Å²) in [6.07, 6.45) is 6.09. The van der Waals surface area contributed by atoms with E-state index in [4.69, 9.17) is 0 Å². The molecule has 104 valence electrons. The Kier molecular flexibility index (Phi) is 3.51. The van der Waals surface area contributed by atoms with Gasteiger partial charge in [0.1, 0.15) is 17.3 Å². The van der Waals surface area contributed by atoms with Gasteiger partial charge in [0, 0.05) is 6.20 Å². The maximum Gasteiger partial charge on any atom is 0.150 e. The first kappa shape index (κ1) is 13.1. The molecular weight excluding hydrogens is 269 g/mol. The molecule has 0 aliphatic heterocycles. The van der Waals surface area contributed by atoms with E-state index in [0.29, 0.717) is 17.3 Å². The number of rotatable bonds is 3. The highest BCUT2D eigenvalue weighted by molar-refractivity contribution is 5.58. The minimum Gasteiger partial charge on any atom is -0.324 e. The Balaban J connectivity index is 1.88. The number of aryl methyl sites for hydroxylation is 1. The molecule has 0 fully saturated rings. The van der Waals surface area contributed by atoms with Crippen LogP contribution in [0.2, 0.25) is 0 Å². The summed E-state index contributed by atoms with van der Waals surface area (Å²) in [5.41, 5.74) is 2.50. The second-order valence-electron chi connectivity index (χ2n) is 4.49. The number of aromatic nitrogens is 4. The van der Waals surface area contributed by atoms with E-state index >= 15 is 0 Å². The molecule has 3 aromatic heterocycles. The molecule has 1 N–H and O–H groups in total. The lowest BCUT2D eigenvalue weighted by Gasteiger charge is -2.06. The molecule has 3 heterocycles. The highest BCUT2D eigenvalue weighted by atomic mass is 19.1. The van der Waals surface area contributed by atoms with Gasteiger partial charge >= 0.3 is 0 Å². The Hall–Kier alpha value is -2.89. The lowest BCUT2D eigenvalue weighted by molar-refractivity contribution is 0.622. The maximum atomic E-state index is 12.8. The summed E-state index contributed by atoms with van der Waals surface area (Å²) in [5, 5.41) is 2.98. The van der Waals surface area contributed by atoms with E-state index in [1.54, 1.807) is 18.6 Å². The Morgan fingerprint density at radius 3 is 2.62 bits per heavy atom. The summed E-state index contributed by atoms with van der Waals surface area (Å²) >= 11 is 0. The molecule has 3 rings (SSSR count). The standard InChI is InChI=1S/C15H12FN5/c1-10-4-5-18-12(6-10)13-8-17-9-15(20-13)21-14-3-2-11(16)7-19-14/h2-9H,1H3,(H,19,20,21). The van der Waals surface area contributed by atoms with Gasteiger partial charge in [-0.15, -0.1) is 0 Å². The first-order valence-corrected chi connectivity index (χ1v) is 6.34. The maximum absolute atomic E-state index is 12.8. The Morgan fingerprint density at radius 2 is 1.86 bits per heavy atom. The average Bonchev–Trinajstić information content (AvgIpc) is 2.50. The van der Waals surface area contributed by atoms with Crippen LogP contribution in [0.1, 0.15) is 5.56 Å². The van der Waals surface area contributed by atoms with Crippen molar-refractivity contribution in [2.24, 2.45) is 0 Å². The van der Waals surface area contributed by atoms with E-state index < -0.39 is 0 Å². The molecule has 6 heteroatoms. The molecule has 0 aromatic carbocycles. The lowest BCUT2D eigenvalue weighted by atomic mass is 10.2. The third-order valence-corrected chi connectivity index (χ3v) is 2.80. The monoisotopic (exact) mass is 281 g/mol. The van der Waals surface area contributed by atoms with Gasteiger partial charge in [0.05, 0.1) is 24.3 Å². The molecule has 0 saturated heterocycles. The number of hydrogen-bond acceptors (Lipinski definition) is 5. The second kappa shape index (κ2) is 5.62. The number of anilines is 2. The van der Waals surface area contributed by atoms with Crippen LogP contribution in [-0.4, -0.2) is 19.9 Å². The number of hydrogen-bond donors (Lipinski definition) is 1. The van der Waals surface area contributed by atoms with Gasteiger partial charge in [-0.25, -0.2) is 14.4 Å². The summed E-state index contributed by atoms with van der Waals surface area (Å²) in [7, 11) is 0. The van der Waals surface area contributed by atoms with Crippen LogP contribution in [-0.2, 0) is 0 Å². The fourth-order valence-corrected chi connectivity index (χ4v) is 1.81. The van der Waals surface area contributed by atoms with Crippen molar-refractivity contribution in [3.8, 4) is 11.4 Å². The van der Waals surface area contributed by atoms with Gasteiger partial charge in [-0.05, 0) is 36.8 Å². The summed E-state index contributed by atoms with van der Waals surface area (Å²) < 4.78 is 12.8. The predicted octanol–water partition coefficient (Wildman–Crippen LogP) is 3.12. The van der Waals surface area contributed by atoms with Crippen LogP contribution < -0.4 is 5.32 Å². The summed E-state index contributed by atoms with van der Waals surface area (Å²) in [5.74, 6) is 0.638. The van der Waals surface area contributed by atoms with Crippen molar-refractivity contribution < 1.29 is 4.39 Å². The molecule has 0 radical (unpaired) electrons. The summed E-state index contributed by atoms with van der Waals surface area (Å²) in [6, 6.07) is 6.72. The lowest BCUT2D eigenvalue weighted by Crippen LogP contribution is -1.99. The zero-order valence-corrected chi connectivity index (χ0v) is 11.3. The SMILES string of the molecule is Cc1ccnc(-c2cncc(Nc3ccc(F)cn3)n2)c1. The Morgan fingerprint density at radius 1 is 0.952 bits per heavy atom. The topological polar surface area (TPSA) is 63.6 Å². The Labute approximate surface area is 121 Å². The minimum absolute atomic E-state index is 0.385. The first-order chi connectivity index (χ1) is 10.2. The van der Waals surface area contributed by atoms with Crippen molar-refractivity contribution in [1.29, 1.82) is 0 Å². The van der Waals surface area contributed by atoms with Crippen LogP contribution in [0.5, 0.6) is 0 Å². The third-order valence-electron chi connectivity index (χ3n) is 2.80. The van der Waals surface area contributed by atoms with Gasteiger partial charge in [-0.3, -0.25) is 9.97 Å². The largest absolute Gasteiger partial charge is 0.324 e. The molecule has 3 aromatic rings. The van der Waals surface area contributed by atoms with Crippen molar-refractivity contribution in [3.05, 3.63) is 60.4 Å². The number of pyridine rings is 2. The van der Waals surface area contributed by atoms with Crippen LogP contribution in [0.4, 0.5) is 16.0 Å². The summed E-state index contributed by atoms with van der Waals surface area (Å²) in [4.78, 5) is 16.8. The van der Waals surface area contributed by atoms with Crippen LogP contribution in [0.3, 0.4) is 0 Å². The van der Waals surface area contributed by atoms with Gasteiger partial charge in [0.25, 0.3) is 0 Å². The van der Waals surface area contributed by atoms with Crippen molar-refractivity contribution >= 4 is 11.6 Å². The van der Waals surface area contributed by atoms with E-state index in [1.165, 1.54) is 12.1 Å². The highest BCUT2D eigenvalue weighted by Crippen LogP contribution is 2.18. The van der Waals surface area contributed by atoms with E-state index in [0.717, 1.165) is 17.5 Å². The fourth-order valence-electron chi connectivity index (χ4n) is 1.81.